The number of amides is 2. The molecule has 0 radical (unpaired) electrons. The quantitative estimate of drug-likeness (QED) is 0.661. The minimum Gasteiger partial charge on any atom is -0.442 e. The third kappa shape index (κ3) is 5.00. The maximum atomic E-state index is 14.9. The molecule has 1 atom stereocenters. The van der Waals surface area contributed by atoms with Crippen molar-refractivity contribution in [1.82, 2.24) is 5.32 Å². The minimum atomic E-state index is -2.82. The molecule has 0 aliphatic carbocycles. The van der Waals surface area contributed by atoms with Crippen molar-refractivity contribution < 1.29 is 27.1 Å². The van der Waals surface area contributed by atoms with Gasteiger partial charge < -0.3 is 15.0 Å². The van der Waals surface area contributed by atoms with Crippen LogP contribution in [0.5, 0.6) is 0 Å². The van der Waals surface area contributed by atoms with Crippen LogP contribution in [-0.2, 0) is 19.4 Å². The summed E-state index contributed by atoms with van der Waals surface area (Å²) in [5.41, 5.74) is 0.914. The second-order valence-electron chi connectivity index (χ2n) is 8.97. The molecule has 3 fully saturated rings. The van der Waals surface area contributed by atoms with Gasteiger partial charge in [0.15, 0.2) is 9.84 Å². The number of anilines is 2. The van der Waals surface area contributed by atoms with Crippen LogP contribution < -0.4 is 15.1 Å². The zero-order valence-electron chi connectivity index (χ0n) is 18.3. The average Bonchev–Trinajstić information content (AvgIpc) is 3.11. The second-order valence-corrected chi connectivity index (χ2v) is 11.1. The fourth-order valence-electron chi connectivity index (χ4n) is 4.79. The number of piperidine rings is 1. The number of benzene rings is 1. The maximum Gasteiger partial charge on any atom is 0.414 e. The molecule has 8 nitrogen and oxygen atoms in total. The van der Waals surface area contributed by atoms with E-state index < -0.39 is 27.9 Å². The van der Waals surface area contributed by atoms with Gasteiger partial charge in [0.25, 0.3) is 0 Å². The summed E-state index contributed by atoms with van der Waals surface area (Å²) < 4.78 is 43.1. The number of nitrogens with zero attached hydrogens (tertiary/aromatic N) is 2. The summed E-state index contributed by atoms with van der Waals surface area (Å²) >= 11 is 0. The summed E-state index contributed by atoms with van der Waals surface area (Å²) in [6.45, 7) is 3.77. The smallest absolute Gasteiger partial charge is 0.414 e. The Labute approximate surface area is 188 Å². The van der Waals surface area contributed by atoms with E-state index in [-0.39, 0.29) is 36.4 Å². The molecule has 3 aliphatic heterocycles. The zero-order valence-corrected chi connectivity index (χ0v) is 19.1. The van der Waals surface area contributed by atoms with Crippen molar-refractivity contribution in [2.75, 3.05) is 47.5 Å². The summed E-state index contributed by atoms with van der Waals surface area (Å²) in [5.74, 6) is 0.715. The lowest BCUT2D eigenvalue weighted by Gasteiger charge is -2.40. The van der Waals surface area contributed by atoms with Crippen molar-refractivity contribution >= 4 is 33.2 Å². The first-order valence-corrected chi connectivity index (χ1v) is 13.1. The summed E-state index contributed by atoms with van der Waals surface area (Å²) in [7, 11) is -2.82. The number of carbonyl (C=O) groups excluding carboxylic acids is 2. The highest BCUT2D eigenvalue weighted by Crippen LogP contribution is 2.36. The van der Waals surface area contributed by atoms with Crippen molar-refractivity contribution in [3.63, 3.8) is 0 Å². The average molecular weight is 468 g/mol. The van der Waals surface area contributed by atoms with Crippen LogP contribution in [0.2, 0.25) is 0 Å². The second kappa shape index (κ2) is 9.25. The van der Waals surface area contributed by atoms with Gasteiger partial charge in [0.05, 0.1) is 36.0 Å². The Kier molecular flexibility index (Phi) is 6.60. The summed E-state index contributed by atoms with van der Waals surface area (Å²) in [4.78, 5) is 27.2. The van der Waals surface area contributed by atoms with E-state index in [9.17, 15) is 22.4 Å². The van der Waals surface area contributed by atoms with E-state index in [0.29, 0.717) is 36.8 Å². The van der Waals surface area contributed by atoms with Crippen molar-refractivity contribution in [3.8, 4) is 0 Å². The highest BCUT2D eigenvalue weighted by Gasteiger charge is 2.40. The molecule has 3 aliphatic rings. The number of ether oxygens (including phenoxy) is 1. The Morgan fingerprint density at radius 3 is 2.56 bits per heavy atom. The minimum absolute atomic E-state index is 0.0832. The molecule has 176 valence electrons. The molecule has 1 aromatic carbocycles. The molecule has 10 heteroatoms. The van der Waals surface area contributed by atoms with Gasteiger partial charge in [0, 0.05) is 19.5 Å². The third-order valence-corrected chi connectivity index (χ3v) is 8.48. The predicted molar refractivity (Wildman–Crippen MR) is 119 cm³/mol. The first-order valence-electron chi connectivity index (χ1n) is 11.3. The number of rotatable bonds is 7. The van der Waals surface area contributed by atoms with Crippen LogP contribution >= 0.6 is 0 Å². The number of nitrogens with one attached hydrogen (secondary N) is 1. The van der Waals surface area contributed by atoms with Gasteiger partial charge in [-0.1, -0.05) is 6.92 Å². The molecule has 0 saturated carbocycles. The number of hydrogen-bond donors (Lipinski definition) is 1. The number of cyclic esters (lactones) is 1. The van der Waals surface area contributed by atoms with Gasteiger partial charge in [0.1, 0.15) is 11.9 Å². The molecule has 3 saturated heterocycles. The highest BCUT2D eigenvalue weighted by atomic mass is 32.2. The van der Waals surface area contributed by atoms with Gasteiger partial charge in [0.2, 0.25) is 5.91 Å². The van der Waals surface area contributed by atoms with Crippen LogP contribution in [0.4, 0.5) is 20.6 Å². The zero-order chi connectivity index (χ0) is 22.9. The molecule has 1 aromatic rings. The lowest BCUT2D eigenvalue weighted by molar-refractivity contribution is -0.121. The van der Waals surface area contributed by atoms with Crippen LogP contribution in [0.1, 0.15) is 32.6 Å². The van der Waals surface area contributed by atoms with Gasteiger partial charge >= 0.3 is 6.09 Å². The molecule has 32 heavy (non-hydrogen) atoms. The predicted octanol–water partition coefficient (Wildman–Crippen LogP) is 2.33. The third-order valence-electron chi connectivity index (χ3n) is 6.60. The highest BCUT2D eigenvalue weighted by molar-refractivity contribution is 7.92. The van der Waals surface area contributed by atoms with Crippen molar-refractivity contribution in [1.29, 1.82) is 0 Å². The maximum absolute atomic E-state index is 14.9. The van der Waals surface area contributed by atoms with Crippen molar-refractivity contribution in [2.45, 2.75) is 38.7 Å². The first kappa shape index (κ1) is 22.8. The monoisotopic (exact) mass is 467 g/mol. The van der Waals surface area contributed by atoms with E-state index in [1.165, 1.54) is 11.0 Å². The lowest BCUT2D eigenvalue weighted by atomic mass is 9.86. The Balaban J connectivity index is 1.32. The molecule has 2 amide bonds. The van der Waals surface area contributed by atoms with E-state index in [2.05, 4.69) is 5.32 Å². The molecular weight excluding hydrogens is 437 g/mol. The largest absolute Gasteiger partial charge is 0.442 e. The summed E-state index contributed by atoms with van der Waals surface area (Å²) in [6.07, 6.45) is 1.85. The Morgan fingerprint density at radius 1 is 1.22 bits per heavy atom. The van der Waals surface area contributed by atoms with Crippen LogP contribution in [0.25, 0.3) is 0 Å². The fourth-order valence-corrected chi connectivity index (χ4v) is 6.54. The fraction of sp³-hybridized carbons (Fsp3) is 0.636. The van der Waals surface area contributed by atoms with Crippen LogP contribution in [0.15, 0.2) is 18.2 Å². The number of halogens is 1. The molecule has 3 heterocycles. The SMILES string of the molecule is CCCC(=O)NCC1CN(c2ccc(N3CCC(C4CS(=O)(=O)C4)CC3)c(F)c2)C(=O)O1. The normalized spacial score (nSPS) is 23.7. The number of hydrogen-bond acceptors (Lipinski definition) is 6. The Bertz CT molecular complexity index is 966. The van der Waals surface area contributed by atoms with Gasteiger partial charge in [-0.2, -0.15) is 0 Å². The van der Waals surface area contributed by atoms with Gasteiger partial charge in [-0.25, -0.2) is 17.6 Å². The number of sulfone groups is 1. The van der Waals surface area contributed by atoms with Crippen LogP contribution in [0.3, 0.4) is 0 Å². The molecule has 1 N–H and O–H groups in total. The molecule has 4 rings (SSSR count). The Morgan fingerprint density at radius 2 is 1.94 bits per heavy atom. The molecular formula is C22H30FN3O5S. The summed E-state index contributed by atoms with van der Waals surface area (Å²) in [6, 6.07) is 4.74. The molecule has 0 aromatic heterocycles. The topological polar surface area (TPSA) is 96.0 Å². The Hall–Kier alpha value is -2.36. The van der Waals surface area contributed by atoms with E-state index in [1.807, 2.05) is 11.8 Å². The van der Waals surface area contributed by atoms with Crippen molar-refractivity contribution in [3.05, 3.63) is 24.0 Å². The van der Waals surface area contributed by atoms with Gasteiger partial charge in [-0.15, -0.1) is 0 Å². The molecule has 0 bridgehead atoms. The van der Waals surface area contributed by atoms with Crippen LogP contribution in [0, 0.1) is 17.7 Å². The summed E-state index contributed by atoms with van der Waals surface area (Å²) in [5, 5.41) is 2.75. The van der Waals surface area contributed by atoms with Gasteiger partial charge in [-0.05, 0) is 49.3 Å². The van der Waals surface area contributed by atoms with E-state index in [0.717, 1.165) is 19.3 Å². The van der Waals surface area contributed by atoms with E-state index in [4.69, 9.17) is 4.74 Å². The molecule has 1 unspecified atom stereocenters. The lowest BCUT2D eigenvalue weighted by Crippen LogP contribution is -2.45. The van der Waals surface area contributed by atoms with Gasteiger partial charge in [-0.3, -0.25) is 9.69 Å². The standard InChI is InChI=1S/C22H30FN3O5S/c1-2-3-21(27)24-11-18-12-26(22(28)31-18)17-4-5-20(19(23)10-17)25-8-6-15(7-9-25)16-13-32(29,30)14-16/h4-5,10,15-16,18H,2-3,6-9,11-14H2,1H3,(H,24,27). The first-order chi connectivity index (χ1) is 15.3. The van der Waals surface area contributed by atoms with E-state index in [1.54, 1.807) is 12.1 Å². The van der Waals surface area contributed by atoms with E-state index >= 15 is 0 Å². The van der Waals surface area contributed by atoms with Crippen LogP contribution in [-0.4, -0.2) is 64.2 Å². The molecule has 0 spiro atoms. The van der Waals surface area contributed by atoms with Crippen molar-refractivity contribution in [2.24, 2.45) is 11.8 Å². The number of carbonyl (C=O) groups is 2.